The number of aryl methyl sites for hydroxylation is 1. The van der Waals surface area contributed by atoms with Crippen molar-refractivity contribution in [2.75, 3.05) is 44.6 Å². The van der Waals surface area contributed by atoms with Gasteiger partial charge in [-0.25, -0.2) is 4.98 Å². The van der Waals surface area contributed by atoms with E-state index in [4.69, 9.17) is 9.47 Å². The minimum absolute atomic E-state index is 0.0674. The number of aromatic nitrogens is 2. The molecule has 1 N–H and O–H groups in total. The van der Waals surface area contributed by atoms with Gasteiger partial charge in [-0.1, -0.05) is 0 Å². The second-order valence-electron chi connectivity index (χ2n) is 5.15. The highest BCUT2D eigenvalue weighted by atomic mass is 32.1. The summed E-state index contributed by atoms with van der Waals surface area (Å²) in [6.07, 6.45) is 0.135. The van der Waals surface area contributed by atoms with E-state index in [0.717, 1.165) is 29.1 Å². The van der Waals surface area contributed by atoms with E-state index in [2.05, 4.69) is 33.2 Å². The molecule has 2 atom stereocenters. The largest absolute Gasteiger partial charge is 0.377 e. The molecule has 0 radical (unpaired) electrons. The average Bonchev–Trinajstić information content (AvgIpc) is 3.07. The molecule has 1 fully saturated rings. The molecule has 3 rings (SSSR count). The predicted molar refractivity (Wildman–Crippen MR) is 85.5 cm³/mol. The number of fused-ring (bicyclic) bond motifs is 1. The molecule has 0 aromatic carbocycles. The van der Waals surface area contributed by atoms with Crippen molar-refractivity contribution in [1.82, 2.24) is 9.97 Å². The van der Waals surface area contributed by atoms with Crippen LogP contribution in [0.2, 0.25) is 0 Å². The van der Waals surface area contributed by atoms with Crippen molar-refractivity contribution in [2.24, 2.45) is 0 Å². The lowest BCUT2D eigenvalue weighted by Crippen LogP contribution is -2.27. The van der Waals surface area contributed by atoms with Crippen LogP contribution in [0.4, 0.5) is 11.8 Å². The van der Waals surface area contributed by atoms with E-state index in [-0.39, 0.29) is 12.2 Å². The second-order valence-corrected chi connectivity index (χ2v) is 6.38. The first-order chi connectivity index (χ1) is 10.2. The van der Waals surface area contributed by atoms with Gasteiger partial charge in [0.25, 0.3) is 0 Å². The molecule has 114 valence electrons. The fraction of sp³-hybridized carbons (Fsp3) is 0.571. The van der Waals surface area contributed by atoms with Gasteiger partial charge in [-0.2, -0.15) is 4.98 Å². The van der Waals surface area contributed by atoms with Crippen LogP contribution < -0.4 is 10.2 Å². The van der Waals surface area contributed by atoms with E-state index in [1.54, 1.807) is 25.6 Å². The molecule has 0 aliphatic carbocycles. The van der Waals surface area contributed by atoms with Crippen molar-refractivity contribution >= 4 is 33.3 Å². The minimum Gasteiger partial charge on any atom is -0.377 e. The first-order valence-electron chi connectivity index (χ1n) is 6.92. The summed E-state index contributed by atoms with van der Waals surface area (Å²) >= 11 is 1.69. The topological polar surface area (TPSA) is 59.5 Å². The van der Waals surface area contributed by atoms with Crippen LogP contribution in [-0.4, -0.2) is 56.5 Å². The van der Waals surface area contributed by atoms with Crippen LogP contribution in [0.15, 0.2) is 6.07 Å². The zero-order chi connectivity index (χ0) is 15.0. The summed E-state index contributed by atoms with van der Waals surface area (Å²) in [5.74, 6) is 1.60. The van der Waals surface area contributed by atoms with Gasteiger partial charge >= 0.3 is 0 Å². The van der Waals surface area contributed by atoms with E-state index in [9.17, 15) is 0 Å². The molecule has 2 unspecified atom stereocenters. The fourth-order valence-electron chi connectivity index (χ4n) is 2.75. The van der Waals surface area contributed by atoms with Crippen LogP contribution in [0, 0.1) is 6.92 Å². The van der Waals surface area contributed by atoms with Gasteiger partial charge in [0.1, 0.15) is 22.9 Å². The second kappa shape index (κ2) is 5.75. The molecule has 0 saturated carbocycles. The van der Waals surface area contributed by atoms with E-state index in [0.29, 0.717) is 5.95 Å². The van der Waals surface area contributed by atoms with Gasteiger partial charge in [-0.15, -0.1) is 11.3 Å². The highest BCUT2D eigenvalue weighted by Gasteiger charge is 2.34. The summed E-state index contributed by atoms with van der Waals surface area (Å²) in [6.45, 7) is 3.65. The number of anilines is 2. The maximum Gasteiger partial charge on any atom is 0.225 e. The average molecular weight is 308 g/mol. The molecule has 2 aromatic heterocycles. The van der Waals surface area contributed by atoms with Gasteiger partial charge in [0.15, 0.2) is 0 Å². The molecule has 1 aliphatic rings. The Hall–Kier alpha value is -1.44. The predicted octanol–water partition coefficient (Wildman–Crippen LogP) is 1.89. The zero-order valence-corrected chi connectivity index (χ0v) is 13.5. The van der Waals surface area contributed by atoms with Crippen LogP contribution in [0.3, 0.4) is 0 Å². The standard InChI is InChI=1S/C14H20N4O2S/c1-8-5-9-12(16-14(15-2)17-13(9)21-8)18-6-10(19-3)11(7-18)20-4/h5,10-11H,6-7H2,1-4H3,(H,15,16,17). The number of hydrogen-bond donors (Lipinski definition) is 1. The lowest BCUT2D eigenvalue weighted by Gasteiger charge is -2.18. The third kappa shape index (κ3) is 2.56. The SMILES string of the molecule is CNc1nc(N2CC(OC)C(OC)C2)c2cc(C)sc2n1. The summed E-state index contributed by atoms with van der Waals surface area (Å²) in [4.78, 5) is 13.7. The van der Waals surface area contributed by atoms with E-state index < -0.39 is 0 Å². The smallest absolute Gasteiger partial charge is 0.225 e. The van der Waals surface area contributed by atoms with Gasteiger partial charge in [-0.05, 0) is 13.0 Å². The molecule has 0 bridgehead atoms. The molecule has 3 heterocycles. The quantitative estimate of drug-likeness (QED) is 0.931. The Morgan fingerprint density at radius 1 is 1.24 bits per heavy atom. The lowest BCUT2D eigenvalue weighted by molar-refractivity contribution is -0.00461. The summed E-state index contributed by atoms with van der Waals surface area (Å²) in [6, 6.07) is 2.15. The number of ether oxygens (including phenoxy) is 2. The molecule has 0 spiro atoms. The Labute approximate surface area is 128 Å². The van der Waals surface area contributed by atoms with Crippen molar-refractivity contribution < 1.29 is 9.47 Å². The monoisotopic (exact) mass is 308 g/mol. The van der Waals surface area contributed by atoms with Crippen LogP contribution in [-0.2, 0) is 9.47 Å². The number of nitrogens with one attached hydrogen (secondary N) is 1. The first kappa shape index (κ1) is 14.5. The first-order valence-corrected chi connectivity index (χ1v) is 7.74. The van der Waals surface area contributed by atoms with E-state index in [1.165, 1.54) is 4.88 Å². The maximum absolute atomic E-state index is 5.52. The van der Waals surface area contributed by atoms with E-state index in [1.807, 2.05) is 7.05 Å². The number of thiophene rings is 1. The molecule has 1 aliphatic heterocycles. The van der Waals surface area contributed by atoms with E-state index >= 15 is 0 Å². The van der Waals surface area contributed by atoms with Crippen LogP contribution in [0.25, 0.3) is 10.2 Å². The zero-order valence-electron chi connectivity index (χ0n) is 12.7. The minimum atomic E-state index is 0.0674. The Kier molecular flexibility index (Phi) is 3.97. The van der Waals surface area contributed by atoms with Crippen molar-refractivity contribution in [3.05, 3.63) is 10.9 Å². The lowest BCUT2D eigenvalue weighted by atomic mass is 10.3. The number of rotatable bonds is 4. The Bertz CT molecular complexity index is 633. The number of hydrogen-bond acceptors (Lipinski definition) is 7. The van der Waals surface area contributed by atoms with Crippen LogP contribution >= 0.6 is 11.3 Å². The summed E-state index contributed by atoms with van der Waals surface area (Å²) in [5, 5.41) is 4.14. The van der Waals surface area contributed by atoms with Gasteiger partial charge in [-0.3, -0.25) is 0 Å². The van der Waals surface area contributed by atoms with Crippen molar-refractivity contribution in [3.8, 4) is 0 Å². The summed E-state index contributed by atoms with van der Waals surface area (Å²) in [7, 11) is 5.29. The third-order valence-corrected chi connectivity index (χ3v) is 4.78. The fourth-order valence-corrected chi connectivity index (χ4v) is 3.62. The number of methoxy groups -OCH3 is 2. The maximum atomic E-state index is 5.52. The molecular formula is C14H20N4O2S. The van der Waals surface area contributed by atoms with Gasteiger partial charge < -0.3 is 19.7 Å². The molecule has 21 heavy (non-hydrogen) atoms. The van der Waals surface area contributed by atoms with Gasteiger partial charge in [0, 0.05) is 39.2 Å². The Morgan fingerprint density at radius 2 is 1.90 bits per heavy atom. The normalized spacial score (nSPS) is 22.2. The Morgan fingerprint density at radius 3 is 2.48 bits per heavy atom. The van der Waals surface area contributed by atoms with Gasteiger partial charge in [0.2, 0.25) is 5.95 Å². The highest BCUT2D eigenvalue weighted by molar-refractivity contribution is 7.18. The summed E-state index contributed by atoms with van der Waals surface area (Å²) < 4.78 is 11.0. The Balaban J connectivity index is 2.03. The highest BCUT2D eigenvalue weighted by Crippen LogP contribution is 2.33. The summed E-state index contributed by atoms with van der Waals surface area (Å²) in [5.41, 5.74) is 0. The molecular weight excluding hydrogens is 288 g/mol. The molecule has 2 aromatic rings. The number of nitrogens with zero attached hydrogens (tertiary/aromatic N) is 3. The van der Waals surface area contributed by atoms with Crippen LogP contribution in [0.5, 0.6) is 0 Å². The molecule has 1 saturated heterocycles. The third-order valence-electron chi connectivity index (χ3n) is 3.84. The van der Waals surface area contributed by atoms with Crippen molar-refractivity contribution in [1.29, 1.82) is 0 Å². The molecule has 0 amide bonds. The van der Waals surface area contributed by atoms with Crippen molar-refractivity contribution in [3.63, 3.8) is 0 Å². The molecule has 6 nitrogen and oxygen atoms in total. The van der Waals surface area contributed by atoms with Gasteiger partial charge in [0.05, 0.1) is 5.39 Å². The molecule has 7 heteroatoms. The van der Waals surface area contributed by atoms with Crippen molar-refractivity contribution in [2.45, 2.75) is 19.1 Å². The van der Waals surface area contributed by atoms with Crippen LogP contribution in [0.1, 0.15) is 4.88 Å².